The maximum absolute atomic E-state index is 12.6. The van der Waals surface area contributed by atoms with Crippen molar-refractivity contribution in [2.45, 2.75) is 37.8 Å². The van der Waals surface area contributed by atoms with E-state index in [9.17, 15) is 4.79 Å². The number of hydrogen-bond donors (Lipinski definition) is 0. The zero-order valence-corrected chi connectivity index (χ0v) is 16.3. The second-order valence-electron chi connectivity index (χ2n) is 6.81. The molecule has 0 radical (unpaired) electrons. The average Bonchev–Trinajstić information content (AvgIpc) is 2.72. The molecule has 0 aromatic heterocycles. The van der Waals surface area contributed by atoms with Gasteiger partial charge in [-0.1, -0.05) is 48.9 Å². The molecule has 5 heteroatoms. The quantitative estimate of drug-likeness (QED) is 0.413. The number of piperidine rings is 1. The third-order valence-electron chi connectivity index (χ3n) is 5.16. The van der Waals surface area contributed by atoms with E-state index in [2.05, 4.69) is 39.4 Å². The summed E-state index contributed by atoms with van der Waals surface area (Å²) < 4.78 is 5.17. The van der Waals surface area contributed by atoms with Crippen LogP contribution in [0.1, 0.15) is 36.3 Å². The van der Waals surface area contributed by atoms with Crippen LogP contribution >= 0.6 is 12.2 Å². The van der Waals surface area contributed by atoms with Crippen molar-refractivity contribution in [3.8, 4) is 0 Å². The Morgan fingerprint density at radius 1 is 1.22 bits per heavy atom. The maximum Gasteiger partial charge on any atom is 0.314 e. The van der Waals surface area contributed by atoms with E-state index in [4.69, 9.17) is 4.74 Å². The summed E-state index contributed by atoms with van der Waals surface area (Å²) in [6, 6.07) is 18.1. The molecule has 27 heavy (non-hydrogen) atoms. The molecule has 0 spiro atoms. The second-order valence-corrected chi connectivity index (χ2v) is 7.00. The molecule has 0 aliphatic carbocycles. The van der Waals surface area contributed by atoms with E-state index in [1.165, 1.54) is 12.7 Å². The van der Waals surface area contributed by atoms with Crippen molar-refractivity contribution in [1.29, 1.82) is 0 Å². The molecule has 1 aliphatic heterocycles. The molecular formula is C22H24N2O2S. The Morgan fingerprint density at radius 2 is 1.96 bits per heavy atom. The first-order valence-electron chi connectivity index (χ1n) is 9.26. The van der Waals surface area contributed by atoms with E-state index in [0.29, 0.717) is 0 Å². The molecule has 2 atom stereocenters. The number of benzene rings is 2. The fourth-order valence-electron chi connectivity index (χ4n) is 3.86. The van der Waals surface area contributed by atoms with Gasteiger partial charge in [0.25, 0.3) is 0 Å². The van der Waals surface area contributed by atoms with Crippen LogP contribution in [-0.4, -0.2) is 35.7 Å². The Balaban J connectivity index is 1.84. The van der Waals surface area contributed by atoms with Gasteiger partial charge in [0.1, 0.15) is 0 Å². The number of carbonyl (C=O) groups is 1. The topological polar surface area (TPSA) is 41.9 Å². The zero-order chi connectivity index (χ0) is 19.1. The van der Waals surface area contributed by atoms with Crippen molar-refractivity contribution >= 4 is 29.0 Å². The zero-order valence-electron chi connectivity index (χ0n) is 15.5. The van der Waals surface area contributed by atoms with E-state index in [1.807, 2.05) is 42.5 Å². The number of carbonyl (C=O) groups excluding carboxylic acids is 1. The standard InChI is InChI=1S/C22H24N2O2S/c1-26-22(25)21(18-7-3-2-4-8-18)20-9-5-6-14-24(20)15-17-10-12-19(13-11-17)23-16-27/h2-4,7-8,10-13,20-21H,5-6,9,14-15H2,1H3/t20-,21-/m1/s1. The molecule has 4 nitrogen and oxygen atoms in total. The maximum atomic E-state index is 12.6. The normalized spacial score (nSPS) is 18.3. The highest BCUT2D eigenvalue weighted by Crippen LogP contribution is 2.32. The fourth-order valence-corrected chi connectivity index (χ4v) is 3.96. The van der Waals surface area contributed by atoms with Gasteiger partial charge >= 0.3 is 5.97 Å². The Morgan fingerprint density at radius 3 is 2.63 bits per heavy atom. The van der Waals surface area contributed by atoms with Crippen LogP contribution < -0.4 is 0 Å². The minimum absolute atomic E-state index is 0.132. The molecule has 0 amide bonds. The SMILES string of the molecule is COC(=O)[C@H](c1ccccc1)[C@H]1CCCCN1Cc1ccc(N=C=S)cc1. The number of likely N-dealkylation sites (tertiary alicyclic amines) is 1. The van der Waals surface area contributed by atoms with Crippen LogP contribution in [0.15, 0.2) is 59.6 Å². The number of rotatable bonds is 6. The van der Waals surface area contributed by atoms with Gasteiger partial charge in [-0.15, -0.1) is 0 Å². The van der Waals surface area contributed by atoms with Crippen LogP contribution in [-0.2, 0) is 16.1 Å². The Bertz CT molecular complexity index is 801. The lowest BCUT2D eigenvalue weighted by Crippen LogP contribution is -2.45. The number of esters is 1. The largest absolute Gasteiger partial charge is 0.469 e. The highest BCUT2D eigenvalue weighted by atomic mass is 32.1. The van der Waals surface area contributed by atoms with Gasteiger partial charge in [0.15, 0.2) is 0 Å². The van der Waals surface area contributed by atoms with Crippen molar-refractivity contribution in [3.63, 3.8) is 0 Å². The number of ether oxygens (including phenoxy) is 1. The van der Waals surface area contributed by atoms with Crippen molar-refractivity contribution in [1.82, 2.24) is 4.90 Å². The third-order valence-corrected chi connectivity index (χ3v) is 5.25. The predicted octanol–water partition coefficient (Wildman–Crippen LogP) is 4.73. The van der Waals surface area contributed by atoms with E-state index in [1.54, 1.807) is 0 Å². The first kappa shape index (κ1) is 19.4. The Labute approximate surface area is 165 Å². The minimum atomic E-state index is -0.268. The van der Waals surface area contributed by atoms with Crippen LogP contribution in [0.2, 0.25) is 0 Å². The van der Waals surface area contributed by atoms with E-state index >= 15 is 0 Å². The van der Waals surface area contributed by atoms with E-state index in [-0.39, 0.29) is 17.9 Å². The van der Waals surface area contributed by atoms with Crippen LogP contribution in [0.5, 0.6) is 0 Å². The molecule has 2 aromatic rings. The first-order valence-corrected chi connectivity index (χ1v) is 9.67. The van der Waals surface area contributed by atoms with Gasteiger partial charge in [-0.05, 0) is 54.9 Å². The molecule has 0 saturated carbocycles. The Kier molecular flexibility index (Phi) is 6.88. The second kappa shape index (κ2) is 9.56. The van der Waals surface area contributed by atoms with Gasteiger partial charge in [0.2, 0.25) is 0 Å². The Hall–Kier alpha value is -2.33. The summed E-state index contributed by atoms with van der Waals surface area (Å²) in [5.41, 5.74) is 3.02. The molecule has 0 N–H and O–H groups in total. The summed E-state index contributed by atoms with van der Waals surface area (Å²) in [7, 11) is 1.47. The number of methoxy groups -OCH3 is 1. The fraction of sp³-hybridized carbons (Fsp3) is 0.364. The van der Waals surface area contributed by atoms with Crippen molar-refractivity contribution in [2.24, 2.45) is 4.99 Å². The lowest BCUT2D eigenvalue weighted by Gasteiger charge is -2.39. The van der Waals surface area contributed by atoms with Gasteiger partial charge in [0.05, 0.1) is 23.9 Å². The molecule has 1 saturated heterocycles. The summed E-state index contributed by atoms with van der Waals surface area (Å²) in [6.45, 7) is 1.78. The molecule has 2 aromatic carbocycles. The van der Waals surface area contributed by atoms with Crippen LogP contribution in [0, 0.1) is 0 Å². The van der Waals surface area contributed by atoms with Crippen molar-refractivity contribution in [3.05, 3.63) is 65.7 Å². The highest BCUT2D eigenvalue weighted by Gasteiger charge is 2.36. The van der Waals surface area contributed by atoms with Gasteiger partial charge in [-0.2, -0.15) is 4.99 Å². The predicted molar refractivity (Wildman–Crippen MR) is 110 cm³/mol. The molecular weight excluding hydrogens is 356 g/mol. The highest BCUT2D eigenvalue weighted by molar-refractivity contribution is 7.78. The van der Waals surface area contributed by atoms with Crippen LogP contribution in [0.25, 0.3) is 0 Å². The molecule has 3 rings (SSSR count). The van der Waals surface area contributed by atoms with Crippen molar-refractivity contribution < 1.29 is 9.53 Å². The van der Waals surface area contributed by atoms with Gasteiger partial charge in [-0.3, -0.25) is 9.69 Å². The van der Waals surface area contributed by atoms with Crippen LogP contribution in [0.4, 0.5) is 5.69 Å². The summed E-state index contributed by atoms with van der Waals surface area (Å²) in [5, 5.41) is 2.39. The van der Waals surface area contributed by atoms with E-state index in [0.717, 1.165) is 43.6 Å². The first-order chi connectivity index (χ1) is 13.2. The molecule has 0 unspecified atom stereocenters. The average molecular weight is 381 g/mol. The van der Waals surface area contributed by atoms with Crippen molar-refractivity contribution in [2.75, 3.05) is 13.7 Å². The number of hydrogen-bond acceptors (Lipinski definition) is 5. The molecule has 0 bridgehead atoms. The smallest absolute Gasteiger partial charge is 0.314 e. The summed E-state index contributed by atoms with van der Waals surface area (Å²) in [5.74, 6) is -0.432. The summed E-state index contributed by atoms with van der Waals surface area (Å²) in [6.07, 6.45) is 3.26. The lowest BCUT2D eigenvalue weighted by atomic mass is 9.85. The van der Waals surface area contributed by atoms with Gasteiger partial charge < -0.3 is 4.74 Å². The van der Waals surface area contributed by atoms with Crippen LogP contribution in [0.3, 0.4) is 0 Å². The number of nitrogens with zero attached hydrogens (tertiary/aromatic N) is 2. The molecule has 1 aliphatic rings. The number of thiocarbonyl (C=S) groups is 1. The third kappa shape index (κ3) is 4.89. The van der Waals surface area contributed by atoms with E-state index < -0.39 is 0 Å². The van der Waals surface area contributed by atoms with Gasteiger partial charge in [-0.25, -0.2) is 0 Å². The molecule has 1 heterocycles. The molecule has 140 valence electrons. The monoisotopic (exact) mass is 380 g/mol. The minimum Gasteiger partial charge on any atom is -0.469 e. The number of aliphatic imine (C=N–C) groups is 1. The van der Waals surface area contributed by atoms with Gasteiger partial charge in [0, 0.05) is 12.6 Å². The summed E-state index contributed by atoms with van der Waals surface area (Å²) in [4.78, 5) is 19.1. The number of isothiocyanates is 1. The summed E-state index contributed by atoms with van der Waals surface area (Å²) >= 11 is 4.66. The lowest BCUT2D eigenvalue weighted by molar-refractivity contribution is -0.144. The molecule has 1 fully saturated rings.